The molecule has 0 aliphatic carbocycles. The van der Waals surface area contributed by atoms with Gasteiger partial charge in [0.2, 0.25) is 5.88 Å². The highest BCUT2D eigenvalue weighted by molar-refractivity contribution is 5.81. The van der Waals surface area contributed by atoms with Gasteiger partial charge in [-0.1, -0.05) is 6.07 Å². The van der Waals surface area contributed by atoms with Gasteiger partial charge in [0.25, 0.3) is 0 Å². The van der Waals surface area contributed by atoms with Crippen molar-refractivity contribution in [3.05, 3.63) is 23.9 Å². The van der Waals surface area contributed by atoms with Crippen LogP contribution in [0.5, 0.6) is 11.6 Å². The quantitative estimate of drug-likeness (QED) is 0.750. The second-order valence-corrected chi connectivity index (χ2v) is 3.15. The summed E-state index contributed by atoms with van der Waals surface area (Å²) in [7, 11) is 3.21. The summed E-state index contributed by atoms with van der Waals surface area (Å²) in [6.45, 7) is 1.86. The van der Waals surface area contributed by atoms with Gasteiger partial charge in [-0.05, 0) is 19.1 Å². The minimum atomic E-state index is 0.552. The predicted molar refractivity (Wildman–Crippen MR) is 57.4 cm³/mol. The van der Waals surface area contributed by atoms with Gasteiger partial charge in [0.1, 0.15) is 17.0 Å². The molecule has 0 bridgehead atoms. The Morgan fingerprint density at radius 3 is 2.53 bits per heavy atom. The van der Waals surface area contributed by atoms with E-state index in [2.05, 4.69) is 9.97 Å². The van der Waals surface area contributed by atoms with E-state index in [4.69, 9.17) is 9.47 Å². The SMILES string of the molecule is COc1nc2cccc(OC)c2nc1C. The molecule has 0 spiro atoms. The van der Waals surface area contributed by atoms with Gasteiger partial charge in [-0.3, -0.25) is 0 Å². The van der Waals surface area contributed by atoms with E-state index in [9.17, 15) is 0 Å². The van der Waals surface area contributed by atoms with Crippen LogP contribution in [0.1, 0.15) is 5.69 Å². The van der Waals surface area contributed by atoms with E-state index in [1.54, 1.807) is 14.2 Å². The molecular formula is C11H12N2O2. The molecule has 0 aliphatic heterocycles. The van der Waals surface area contributed by atoms with Gasteiger partial charge in [-0.2, -0.15) is 0 Å². The number of methoxy groups -OCH3 is 2. The molecule has 4 nitrogen and oxygen atoms in total. The van der Waals surface area contributed by atoms with E-state index < -0.39 is 0 Å². The number of ether oxygens (including phenoxy) is 2. The Bertz CT molecular complexity index is 497. The Morgan fingerprint density at radius 1 is 1.07 bits per heavy atom. The summed E-state index contributed by atoms with van der Waals surface area (Å²) in [5, 5.41) is 0. The molecule has 1 aromatic heterocycles. The van der Waals surface area contributed by atoms with Crippen molar-refractivity contribution in [2.75, 3.05) is 14.2 Å². The minimum Gasteiger partial charge on any atom is -0.494 e. The minimum absolute atomic E-state index is 0.552. The zero-order chi connectivity index (χ0) is 10.8. The summed E-state index contributed by atoms with van der Waals surface area (Å²) in [5.41, 5.74) is 2.30. The summed E-state index contributed by atoms with van der Waals surface area (Å²) >= 11 is 0. The molecule has 1 aromatic carbocycles. The largest absolute Gasteiger partial charge is 0.494 e. The Balaban J connectivity index is 2.74. The first-order valence-electron chi connectivity index (χ1n) is 4.61. The smallest absolute Gasteiger partial charge is 0.235 e. The Labute approximate surface area is 87.9 Å². The molecule has 2 aromatic rings. The predicted octanol–water partition coefficient (Wildman–Crippen LogP) is 1.96. The Hall–Kier alpha value is -1.84. The highest BCUT2D eigenvalue weighted by Crippen LogP contribution is 2.25. The van der Waals surface area contributed by atoms with Crippen LogP contribution < -0.4 is 9.47 Å². The normalized spacial score (nSPS) is 10.3. The molecular weight excluding hydrogens is 192 g/mol. The first kappa shape index (κ1) is 9.71. The molecule has 0 N–H and O–H groups in total. The lowest BCUT2D eigenvalue weighted by Gasteiger charge is -2.07. The summed E-state index contributed by atoms with van der Waals surface area (Å²) < 4.78 is 10.3. The second kappa shape index (κ2) is 3.73. The average molecular weight is 204 g/mol. The summed E-state index contributed by atoms with van der Waals surface area (Å²) in [6.07, 6.45) is 0. The summed E-state index contributed by atoms with van der Waals surface area (Å²) in [6, 6.07) is 5.63. The molecule has 78 valence electrons. The highest BCUT2D eigenvalue weighted by Gasteiger charge is 2.08. The van der Waals surface area contributed by atoms with Crippen molar-refractivity contribution in [2.45, 2.75) is 6.92 Å². The van der Waals surface area contributed by atoms with Gasteiger partial charge in [0.05, 0.1) is 19.7 Å². The Kier molecular flexibility index (Phi) is 2.41. The van der Waals surface area contributed by atoms with E-state index in [1.165, 1.54) is 0 Å². The van der Waals surface area contributed by atoms with Crippen molar-refractivity contribution in [3.8, 4) is 11.6 Å². The number of hydrogen-bond donors (Lipinski definition) is 0. The maximum absolute atomic E-state index is 5.21. The number of nitrogens with zero attached hydrogens (tertiary/aromatic N) is 2. The fourth-order valence-corrected chi connectivity index (χ4v) is 1.48. The molecule has 4 heteroatoms. The summed E-state index contributed by atoms with van der Waals surface area (Å²) in [4.78, 5) is 8.74. The van der Waals surface area contributed by atoms with Crippen LogP contribution in [0.3, 0.4) is 0 Å². The van der Waals surface area contributed by atoms with E-state index in [1.807, 2.05) is 25.1 Å². The molecule has 2 rings (SSSR count). The number of rotatable bonds is 2. The van der Waals surface area contributed by atoms with Crippen molar-refractivity contribution in [1.82, 2.24) is 9.97 Å². The lowest BCUT2D eigenvalue weighted by molar-refractivity contribution is 0.393. The molecule has 0 unspecified atom stereocenters. The van der Waals surface area contributed by atoms with Crippen molar-refractivity contribution in [3.63, 3.8) is 0 Å². The zero-order valence-electron chi connectivity index (χ0n) is 8.94. The van der Waals surface area contributed by atoms with E-state index in [0.717, 1.165) is 22.5 Å². The fraction of sp³-hybridized carbons (Fsp3) is 0.273. The van der Waals surface area contributed by atoms with Gasteiger partial charge in [0, 0.05) is 0 Å². The summed E-state index contributed by atoms with van der Waals surface area (Å²) in [5.74, 6) is 1.28. The van der Waals surface area contributed by atoms with Gasteiger partial charge in [0.15, 0.2) is 0 Å². The Morgan fingerprint density at radius 2 is 1.87 bits per heavy atom. The lowest BCUT2D eigenvalue weighted by atomic mass is 10.2. The van der Waals surface area contributed by atoms with Gasteiger partial charge in [-0.25, -0.2) is 9.97 Å². The first-order valence-corrected chi connectivity index (χ1v) is 4.61. The third kappa shape index (κ3) is 1.58. The molecule has 1 heterocycles. The van der Waals surface area contributed by atoms with Crippen LogP contribution in [0.2, 0.25) is 0 Å². The van der Waals surface area contributed by atoms with Crippen molar-refractivity contribution >= 4 is 11.0 Å². The van der Waals surface area contributed by atoms with Crippen LogP contribution in [-0.4, -0.2) is 24.2 Å². The van der Waals surface area contributed by atoms with E-state index in [-0.39, 0.29) is 0 Å². The van der Waals surface area contributed by atoms with Crippen LogP contribution in [0, 0.1) is 6.92 Å². The zero-order valence-corrected chi connectivity index (χ0v) is 8.94. The third-order valence-electron chi connectivity index (χ3n) is 2.20. The number of aromatic nitrogens is 2. The van der Waals surface area contributed by atoms with E-state index >= 15 is 0 Å². The van der Waals surface area contributed by atoms with Crippen LogP contribution in [0.15, 0.2) is 18.2 Å². The van der Waals surface area contributed by atoms with Crippen LogP contribution in [0.25, 0.3) is 11.0 Å². The third-order valence-corrected chi connectivity index (χ3v) is 2.20. The molecule has 0 amide bonds. The topological polar surface area (TPSA) is 44.2 Å². The van der Waals surface area contributed by atoms with Crippen LogP contribution in [-0.2, 0) is 0 Å². The fourth-order valence-electron chi connectivity index (χ4n) is 1.48. The van der Waals surface area contributed by atoms with Crippen LogP contribution in [0.4, 0.5) is 0 Å². The van der Waals surface area contributed by atoms with Crippen molar-refractivity contribution in [1.29, 1.82) is 0 Å². The average Bonchev–Trinajstić information content (AvgIpc) is 2.27. The second-order valence-electron chi connectivity index (χ2n) is 3.15. The van der Waals surface area contributed by atoms with Gasteiger partial charge < -0.3 is 9.47 Å². The van der Waals surface area contributed by atoms with Crippen molar-refractivity contribution < 1.29 is 9.47 Å². The monoisotopic (exact) mass is 204 g/mol. The van der Waals surface area contributed by atoms with Gasteiger partial charge >= 0.3 is 0 Å². The standard InChI is InChI=1S/C11H12N2O2/c1-7-11(15-3)13-8-5-4-6-9(14-2)10(8)12-7/h4-6H,1-3H3. The number of benzene rings is 1. The molecule has 0 aliphatic rings. The molecule has 0 radical (unpaired) electrons. The molecule has 0 saturated heterocycles. The van der Waals surface area contributed by atoms with Crippen LogP contribution >= 0.6 is 0 Å². The first-order chi connectivity index (χ1) is 7.26. The van der Waals surface area contributed by atoms with E-state index in [0.29, 0.717) is 5.88 Å². The maximum Gasteiger partial charge on any atom is 0.235 e. The number of aryl methyl sites for hydroxylation is 1. The van der Waals surface area contributed by atoms with Crippen molar-refractivity contribution in [2.24, 2.45) is 0 Å². The number of para-hydroxylation sites is 1. The maximum atomic E-state index is 5.21. The molecule has 0 fully saturated rings. The lowest BCUT2D eigenvalue weighted by Crippen LogP contribution is -1.97. The molecule has 15 heavy (non-hydrogen) atoms. The molecule has 0 saturated carbocycles. The number of fused-ring (bicyclic) bond motifs is 1. The molecule has 0 atom stereocenters. The number of hydrogen-bond acceptors (Lipinski definition) is 4. The highest BCUT2D eigenvalue weighted by atomic mass is 16.5. The van der Waals surface area contributed by atoms with Gasteiger partial charge in [-0.15, -0.1) is 0 Å².